The van der Waals surface area contributed by atoms with Crippen LogP contribution >= 0.6 is 0 Å². The van der Waals surface area contributed by atoms with Gasteiger partial charge in [-0.05, 0) is 67.5 Å². The molecule has 7 nitrogen and oxygen atoms in total. The molecule has 2 saturated heterocycles. The number of carbonyl (C=O) groups excluding carboxylic acids is 1. The third-order valence-electron chi connectivity index (χ3n) is 7.71. The number of amides is 1. The molecule has 0 aliphatic carbocycles. The molecule has 0 aromatic heterocycles. The number of nitrogens with zero attached hydrogens (tertiary/aromatic N) is 3. The largest absolute Gasteiger partial charge is 0.495 e. The van der Waals surface area contributed by atoms with Crippen molar-refractivity contribution in [1.82, 2.24) is 9.21 Å². The molecule has 0 radical (unpaired) electrons. The lowest BCUT2D eigenvalue weighted by molar-refractivity contribution is -0.137. The minimum atomic E-state index is -3.78. The number of aryl methyl sites for hydroxylation is 1. The van der Waals surface area contributed by atoms with E-state index in [4.69, 9.17) is 4.74 Å². The number of hydrogen-bond acceptors (Lipinski definition) is 5. The molecule has 1 amide bonds. The summed E-state index contributed by atoms with van der Waals surface area (Å²) < 4.78 is 34.2. The maximum absolute atomic E-state index is 13.7. The first-order chi connectivity index (χ1) is 17.1. The highest BCUT2D eigenvalue weighted by Gasteiger charge is 2.37. The lowest BCUT2D eigenvalue weighted by Gasteiger charge is -2.40. The van der Waals surface area contributed by atoms with E-state index in [0.717, 1.165) is 18.7 Å². The minimum absolute atomic E-state index is 0.0680. The van der Waals surface area contributed by atoms with Crippen LogP contribution in [0.5, 0.6) is 5.75 Å². The Balaban J connectivity index is 1.45. The summed E-state index contributed by atoms with van der Waals surface area (Å²) in [6, 6.07) is 11.7. The number of carbonyl (C=O) groups is 1. The van der Waals surface area contributed by atoms with Gasteiger partial charge in [-0.2, -0.15) is 4.31 Å². The molecule has 0 unspecified atom stereocenters. The molecule has 2 aromatic carbocycles. The quantitative estimate of drug-likeness (QED) is 0.580. The van der Waals surface area contributed by atoms with Crippen LogP contribution in [0.15, 0.2) is 41.3 Å². The Hall–Kier alpha value is -2.58. The van der Waals surface area contributed by atoms with Gasteiger partial charge in [0.1, 0.15) is 10.6 Å². The molecule has 0 spiro atoms. The molecule has 0 N–H and O–H groups in total. The maximum atomic E-state index is 13.7. The molecule has 8 heteroatoms. The van der Waals surface area contributed by atoms with Crippen LogP contribution in [0.3, 0.4) is 0 Å². The summed E-state index contributed by atoms with van der Waals surface area (Å²) in [7, 11) is -2.29. The summed E-state index contributed by atoms with van der Waals surface area (Å²) in [6.07, 6.45) is 1.38. The van der Waals surface area contributed by atoms with Crippen molar-refractivity contribution >= 4 is 21.6 Å². The monoisotopic (exact) mass is 513 g/mol. The van der Waals surface area contributed by atoms with Gasteiger partial charge in [0.2, 0.25) is 15.9 Å². The molecule has 36 heavy (non-hydrogen) atoms. The van der Waals surface area contributed by atoms with Gasteiger partial charge < -0.3 is 14.5 Å². The minimum Gasteiger partial charge on any atom is -0.495 e. The van der Waals surface area contributed by atoms with Crippen LogP contribution in [-0.2, 0) is 14.8 Å². The van der Waals surface area contributed by atoms with E-state index >= 15 is 0 Å². The predicted octanol–water partition coefficient (Wildman–Crippen LogP) is 4.18. The lowest BCUT2D eigenvalue weighted by atomic mass is 9.97. The van der Waals surface area contributed by atoms with Crippen molar-refractivity contribution in [3.63, 3.8) is 0 Å². The first-order valence-electron chi connectivity index (χ1n) is 12.9. The van der Waals surface area contributed by atoms with Crippen LogP contribution in [-0.4, -0.2) is 69.9 Å². The Morgan fingerprint density at radius 1 is 1.03 bits per heavy atom. The van der Waals surface area contributed by atoms with Gasteiger partial charge in [-0.25, -0.2) is 8.42 Å². The Labute approximate surface area is 216 Å². The molecule has 2 heterocycles. The third-order valence-corrected chi connectivity index (χ3v) is 9.60. The molecule has 2 aromatic rings. The van der Waals surface area contributed by atoms with Gasteiger partial charge in [0.15, 0.2) is 0 Å². The molecule has 2 fully saturated rings. The number of piperazine rings is 1. The van der Waals surface area contributed by atoms with Crippen LogP contribution in [0.1, 0.15) is 49.3 Å². The number of piperidine rings is 1. The zero-order chi connectivity index (χ0) is 26.0. The van der Waals surface area contributed by atoms with Crippen LogP contribution in [0.2, 0.25) is 0 Å². The first kappa shape index (κ1) is 26.5. The number of methoxy groups -OCH3 is 1. The number of hydrogen-bond donors (Lipinski definition) is 0. The number of benzene rings is 2. The normalized spacial score (nSPS) is 19.6. The highest BCUT2D eigenvalue weighted by molar-refractivity contribution is 7.89. The Bertz CT molecular complexity index is 1200. The number of ether oxygens (including phenoxy) is 1. The molecule has 0 saturated carbocycles. The average molecular weight is 514 g/mol. The molecule has 4 rings (SSSR count). The predicted molar refractivity (Wildman–Crippen MR) is 143 cm³/mol. The number of rotatable bonds is 6. The zero-order valence-electron chi connectivity index (χ0n) is 22.2. The summed E-state index contributed by atoms with van der Waals surface area (Å²) in [6.45, 7) is 11.8. The number of anilines is 1. The highest BCUT2D eigenvalue weighted by atomic mass is 32.2. The summed E-state index contributed by atoms with van der Waals surface area (Å²) in [5.41, 5.74) is 4.72. The van der Waals surface area contributed by atoms with Gasteiger partial charge in [0.25, 0.3) is 0 Å². The standard InChI is InChI=1S/C28H39N3O4S/c1-20(2)23-11-12-26(35-5)27(18-23)36(33,34)31-13-7-9-24(19-31)28(32)30-16-14-29(15-17-30)25-10-6-8-21(3)22(25)4/h6,8,10-12,18,20,24H,7,9,13-17,19H2,1-5H3/t24-/m0/s1. The zero-order valence-corrected chi connectivity index (χ0v) is 23.0. The van der Waals surface area contributed by atoms with E-state index < -0.39 is 10.0 Å². The molecule has 0 bridgehead atoms. The van der Waals surface area contributed by atoms with E-state index in [-0.39, 0.29) is 29.2 Å². The fraction of sp³-hybridized carbons (Fsp3) is 0.536. The summed E-state index contributed by atoms with van der Waals surface area (Å²) in [4.78, 5) is 17.9. The Morgan fingerprint density at radius 2 is 1.75 bits per heavy atom. The van der Waals surface area contributed by atoms with Crippen LogP contribution in [0, 0.1) is 19.8 Å². The third kappa shape index (κ3) is 5.25. The van der Waals surface area contributed by atoms with Crippen LogP contribution < -0.4 is 9.64 Å². The van der Waals surface area contributed by atoms with Gasteiger partial charge in [-0.1, -0.05) is 32.0 Å². The number of sulfonamides is 1. The SMILES string of the molecule is COc1ccc(C(C)C)cc1S(=O)(=O)N1CCC[C@H](C(=O)N2CCN(c3cccc(C)c3C)CC2)C1. The van der Waals surface area contributed by atoms with Crippen molar-refractivity contribution in [2.75, 3.05) is 51.3 Å². The summed E-state index contributed by atoms with van der Waals surface area (Å²) in [5, 5.41) is 0. The molecule has 1 atom stereocenters. The lowest BCUT2D eigenvalue weighted by Crippen LogP contribution is -2.53. The first-order valence-corrected chi connectivity index (χ1v) is 14.4. The molecular formula is C28H39N3O4S. The second-order valence-electron chi connectivity index (χ2n) is 10.3. The second-order valence-corrected chi connectivity index (χ2v) is 12.2. The Kier molecular flexibility index (Phi) is 7.95. The average Bonchev–Trinajstić information content (AvgIpc) is 2.89. The molecule has 2 aliphatic rings. The van der Waals surface area contributed by atoms with Gasteiger partial charge in [-0.15, -0.1) is 0 Å². The molecule has 196 valence electrons. The van der Waals surface area contributed by atoms with E-state index in [9.17, 15) is 13.2 Å². The van der Waals surface area contributed by atoms with Gasteiger partial charge in [0.05, 0.1) is 13.0 Å². The second kappa shape index (κ2) is 10.8. The van der Waals surface area contributed by atoms with Crippen molar-refractivity contribution in [2.45, 2.75) is 51.3 Å². The van der Waals surface area contributed by atoms with Crippen LogP contribution in [0.4, 0.5) is 5.69 Å². The van der Waals surface area contributed by atoms with Crippen molar-refractivity contribution < 1.29 is 17.9 Å². The van der Waals surface area contributed by atoms with E-state index in [1.165, 1.54) is 28.2 Å². The fourth-order valence-electron chi connectivity index (χ4n) is 5.26. The van der Waals surface area contributed by atoms with E-state index in [1.807, 2.05) is 24.8 Å². The topological polar surface area (TPSA) is 70.2 Å². The smallest absolute Gasteiger partial charge is 0.246 e. The fourth-order valence-corrected chi connectivity index (χ4v) is 6.97. The van der Waals surface area contributed by atoms with Crippen molar-refractivity contribution in [1.29, 1.82) is 0 Å². The molecule has 2 aliphatic heterocycles. The van der Waals surface area contributed by atoms with Crippen molar-refractivity contribution in [3.8, 4) is 5.75 Å². The maximum Gasteiger partial charge on any atom is 0.246 e. The van der Waals surface area contributed by atoms with Crippen molar-refractivity contribution in [3.05, 3.63) is 53.1 Å². The van der Waals surface area contributed by atoms with Gasteiger partial charge in [0, 0.05) is 45.0 Å². The van der Waals surface area contributed by atoms with Gasteiger partial charge in [-0.3, -0.25) is 4.79 Å². The Morgan fingerprint density at radius 3 is 2.42 bits per heavy atom. The van der Waals surface area contributed by atoms with E-state index in [0.29, 0.717) is 38.2 Å². The van der Waals surface area contributed by atoms with E-state index in [1.54, 1.807) is 12.1 Å². The summed E-state index contributed by atoms with van der Waals surface area (Å²) >= 11 is 0. The van der Waals surface area contributed by atoms with Gasteiger partial charge >= 0.3 is 0 Å². The van der Waals surface area contributed by atoms with Crippen molar-refractivity contribution in [2.24, 2.45) is 5.92 Å². The summed E-state index contributed by atoms with van der Waals surface area (Å²) in [5.74, 6) is 0.289. The van der Waals surface area contributed by atoms with Crippen LogP contribution in [0.25, 0.3) is 0 Å². The molecular weight excluding hydrogens is 474 g/mol. The van der Waals surface area contributed by atoms with E-state index in [2.05, 4.69) is 36.9 Å². The highest BCUT2D eigenvalue weighted by Crippen LogP contribution is 2.33.